The third-order valence-corrected chi connectivity index (χ3v) is 2.76. The maximum absolute atomic E-state index is 5.23. The van der Waals surface area contributed by atoms with Gasteiger partial charge >= 0.3 is 0 Å². The molecule has 1 nitrogen and oxygen atoms in total. The molecule has 108 valence electrons. The summed E-state index contributed by atoms with van der Waals surface area (Å²) in [6.45, 7) is 4.45. The first kappa shape index (κ1) is 17.8. The summed E-state index contributed by atoms with van der Waals surface area (Å²) in [6, 6.07) is 0. The Kier molecular flexibility index (Phi) is 15.7. The molecule has 0 aliphatic carbocycles. The van der Waals surface area contributed by atoms with Crippen molar-refractivity contribution < 1.29 is 4.74 Å². The van der Waals surface area contributed by atoms with Crippen LogP contribution in [0.25, 0.3) is 0 Å². The average molecular weight is 262 g/mol. The van der Waals surface area contributed by atoms with Crippen LogP contribution in [0.1, 0.15) is 65.2 Å². The molecule has 0 heterocycles. The van der Waals surface area contributed by atoms with Crippen LogP contribution < -0.4 is 0 Å². The standard InChI is InChI=1S/C18H30O/c1-3-5-7-9-11-13-15-17-19-18-16-14-12-10-8-6-4-2/h11-18H,3-10H2,1-2H3. The van der Waals surface area contributed by atoms with Crippen molar-refractivity contribution in [3.63, 3.8) is 0 Å². The van der Waals surface area contributed by atoms with Crippen molar-refractivity contribution in [2.45, 2.75) is 65.2 Å². The minimum absolute atomic E-state index is 1.16. The molecule has 1 heteroatoms. The van der Waals surface area contributed by atoms with Crippen molar-refractivity contribution in [3.05, 3.63) is 49.0 Å². The average Bonchev–Trinajstić information content (AvgIpc) is 2.43. The third kappa shape index (κ3) is 16.8. The molecular formula is C18H30O. The van der Waals surface area contributed by atoms with Crippen molar-refractivity contribution in [3.8, 4) is 0 Å². The highest BCUT2D eigenvalue weighted by atomic mass is 16.5. The Morgan fingerprint density at radius 2 is 1.11 bits per heavy atom. The second kappa shape index (κ2) is 16.8. The van der Waals surface area contributed by atoms with E-state index in [-0.39, 0.29) is 0 Å². The van der Waals surface area contributed by atoms with Crippen molar-refractivity contribution in [2.24, 2.45) is 0 Å². The smallest absolute Gasteiger partial charge is 0.0901 e. The van der Waals surface area contributed by atoms with Crippen LogP contribution in [0.15, 0.2) is 49.0 Å². The van der Waals surface area contributed by atoms with E-state index in [9.17, 15) is 0 Å². The Balaban J connectivity index is 3.40. The van der Waals surface area contributed by atoms with Crippen molar-refractivity contribution in [1.29, 1.82) is 0 Å². The van der Waals surface area contributed by atoms with Gasteiger partial charge in [0.15, 0.2) is 0 Å². The predicted molar refractivity (Wildman–Crippen MR) is 85.9 cm³/mol. The fourth-order valence-electron chi connectivity index (χ4n) is 1.60. The fraction of sp³-hybridized carbons (Fsp3) is 0.556. The predicted octanol–water partition coefficient (Wildman–Crippen LogP) is 6.30. The van der Waals surface area contributed by atoms with Gasteiger partial charge in [0, 0.05) is 0 Å². The van der Waals surface area contributed by atoms with Gasteiger partial charge in [0.05, 0.1) is 12.5 Å². The van der Waals surface area contributed by atoms with Crippen LogP contribution in [0.4, 0.5) is 0 Å². The summed E-state index contributed by atoms with van der Waals surface area (Å²) in [5.41, 5.74) is 0. The third-order valence-electron chi connectivity index (χ3n) is 2.76. The largest absolute Gasteiger partial charge is 0.473 e. The molecule has 0 aliphatic heterocycles. The lowest BCUT2D eigenvalue weighted by Crippen LogP contribution is -1.70. The first-order valence-electron chi connectivity index (χ1n) is 7.70. The van der Waals surface area contributed by atoms with Gasteiger partial charge in [-0.1, -0.05) is 63.8 Å². The lowest BCUT2D eigenvalue weighted by Gasteiger charge is -1.90. The van der Waals surface area contributed by atoms with Gasteiger partial charge in [-0.25, -0.2) is 0 Å². The Morgan fingerprint density at radius 1 is 0.632 bits per heavy atom. The minimum Gasteiger partial charge on any atom is -0.473 e. The number of hydrogen-bond donors (Lipinski definition) is 0. The highest BCUT2D eigenvalue weighted by Crippen LogP contribution is 2.00. The van der Waals surface area contributed by atoms with Gasteiger partial charge in [0.25, 0.3) is 0 Å². The fourth-order valence-corrected chi connectivity index (χ4v) is 1.60. The van der Waals surface area contributed by atoms with Gasteiger partial charge in [-0.05, 0) is 37.8 Å². The van der Waals surface area contributed by atoms with E-state index >= 15 is 0 Å². The Hall–Kier alpha value is -1.24. The Bertz CT molecular complexity index is 243. The van der Waals surface area contributed by atoms with Crippen LogP contribution in [-0.4, -0.2) is 0 Å². The van der Waals surface area contributed by atoms with E-state index in [2.05, 4.69) is 26.0 Å². The zero-order chi connectivity index (χ0) is 14.0. The second-order valence-electron chi connectivity index (χ2n) is 4.64. The summed E-state index contributed by atoms with van der Waals surface area (Å²) < 4.78 is 5.23. The summed E-state index contributed by atoms with van der Waals surface area (Å²) in [5, 5.41) is 0. The molecule has 0 amide bonds. The molecule has 0 bridgehead atoms. The van der Waals surface area contributed by atoms with Gasteiger partial charge in [-0.3, -0.25) is 0 Å². The summed E-state index contributed by atoms with van der Waals surface area (Å²) in [6.07, 6.45) is 25.8. The molecule has 0 radical (unpaired) electrons. The summed E-state index contributed by atoms with van der Waals surface area (Å²) in [7, 11) is 0. The van der Waals surface area contributed by atoms with E-state index in [1.54, 1.807) is 12.5 Å². The molecular weight excluding hydrogens is 232 g/mol. The van der Waals surface area contributed by atoms with Crippen LogP contribution in [0.5, 0.6) is 0 Å². The van der Waals surface area contributed by atoms with Crippen molar-refractivity contribution in [1.82, 2.24) is 0 Å². The van der Waals surface area contributed by atoms with E-state index in [4.69, 9.17) is 4.74 Å². The van der Waals surface area contributed by atoms with E-state index in [1.165, 1.54) is 38.5 Å². The lowest BCUT2D eigenvalue weighted by molar-refractivity contribution is 0.403. The molecule has 0 aromatic carbocycles. The number of ether oxygens (including phenoxy) is 1. The van der Waals surface area contributed by atoms with E-state index in [1.807, 2.05) is 24.3 Å². The molecule has 0 saturated heterocycles. The molecule has 0 spiro atoms. The van der Waals surface area contributed by atoms with Crippen LogP contribution in [0.3, 0.4) is 0 Å². The first-order chi connectivity index (χ1) is 9.41. The van der Waals surface area contributed by atoms with Crippen LogP contribution in [-0.2, 0) is 4.74 Å². The second-order valence-corrected chi connectivity index (χ2v) is 4.64. The molecule has 0 rings (SSSR count). The number of hydrogen-bond acceptors (Lipinski definition) is 1. The normalized spacial score (nSPS) is 12.5. The molecule has 0 N–H and O–H groups in total. The van der Waals surface area contributed by atoms with Gasteiger partial charge in [0.2, 0.25) is 0 Å². The van der Waals surface area contributed by atoms with Crippen molar-refractivity contribution in [2.75, 3.05) is 0 Å². The van der Waals surface area contributed by atoms with Gasteiger partial charge in [0.1, 0.15) is 0 Å². The number of rotatable bonds is 12. The first-order valence-corrected chi connectivity index (χ1v) is 7.70. The zero-order valence-corrected chi connectivity index (χ0v) is 12.7. The highest BCUT2D eigenvalue weighted by molar-refractivity contribution is 5.02. The van der Waals surface area contributed by atoms with E-state index in [0.29, 0.717) is 0 Å². The number of allylic oxidation sites excluding steroid dienone is 6. The van der Waals surface area contributed by atoms with Crippen LogP contribution in [0.2, 0.25) is 0 Å². The lowest BCUT2D eigenvalue weighted by atomic mass is 10.2. The summed E-state index contributed by atoms with van der Waals surface area (Å²) >= 11 is 0. The quantitative estimate of drug-likeness (QED) is 0.228. The Morgan fingerprint density at radius 3 is 1.53 bits per heavy atom. The van der Waals surface area contributed by atoms with E-state index in [0.717, 1.165) is 12.8 Å². The topological polar surface area (TPSA) is 9.23 Å². The molecule has 0 fully saturated rings. The number of unbranched alkanes of at least 4 members (excludes halogenated alkanes) is 6. The zero-order valence-electron chi connectivity index (χ0n) is 12.7. The molecule has 0 unspecified atom stereocenters. The van der Waals surface area contributed by atoms with Crippen molar-refractivity contribution >= 4 is 0 Å². The molecule has 0 saturated carbocycles. The van der Waals surface area contributed by atoms with Gasteiger partial charge < -0.3 is 4.74 Å². The maximum atomic E-state index is 5.23. The molecule has 19 heavy (non-hydrogen) atoms. The molecule has 0 aromatic rings. The molecule has 0 aromatic heterocycles. The van der Waals surface area contributed by atoms with Gasteiger partial charge in [-0.2, -0.15) is 0 Å². The maximum Gasteiger partial charge on any atom is 0.0901 e. The molecule has 0 atom stereocenters. The summed E-state index contributed by atoms with van der Waals surface area (Å²) in [5.74, 6) is 0. The molecule has 0 aliphatic rings. The highest BCUT2D eigenvalue weighted by Gasteiger charge is 1.80. The Labute approximate surface area is 119 Å². The van der Waals surface area contributed by atoms with Gasteiger partial charge in [-0.15, -0.1) is 0 Å². The summed E-state index contributed by atoms with van der Waals surface area (Å²) in [4.78, 5) is 0. The van der Waals surface area contributed by atoms with E-state index < -0.39 is 0 Å². The monoisotopic (exact) mass is 262 g/mol. The van der Waals surface area contributed by atoms with Crippen LogP contribution in [0, 0.1) is 0 Å². The minimum atomic E-state index is 1.16. The van der Waals surface area contributed by atoms with Crippen LogP contribution >= 0.6 is 0 Å². The SMILES string of the molecule is CCCCCC=CC=COC=CC=CCCCCC.